The lowest BCUT2D eigenvalue weighted by atomic mass is 10.1. The van der Waals surface area contributed by atoms with Crippen LogP contribution in [-0.2, 0) is 0 Å². The van der Waals surface area contributed by atoms with Crippen LogP contribution in [0.2, 0.25) is 0 Å². The molecule has 0 aliphatic heterocycles. The van der Waals surface area contributed by atoms with Gasteiger partial charge in [-0.25, -0.2) is 4.98 Å². The normalized spacial score (nSPS) is 11.1. The molecular weight excluding hydrogens is 544 g/mol. The zero-order valence-corrected chi connectivity index (χ0v) is 25.5. The Hall–Kier alpha value is -1.86. The molecule has 0 saturated heterocycles. The first kappa shape index (κ1) is 27.2. The summed E-state index contributed by atoms with van der Waals surface area (Å²) in [6.45, 7) is 3.02. The first-order chi connectivity index (χ1) is 17.3. The van der Waals surface area contributed by atoms with Gasteiger partial charge in [-0.3, -0.25) is 4.79 Å². The lowest BCUT2D eigenvalue weighted by molar-refractivity contribution is 0.0995. The molecular formula is C25H28N4O2P4S. The lowest BCUT2D eigenvalue weighted by Crippen LogP contribution is -2.41. The second-order valence-corrected chi connectivity index (χ2v) is 11.7. The Labute approximate surface area is 224 Å². The van der Waals surface area contributed by atoms with Gasteiger partial charge in [0, 0.05) is 35.5 Å². The van der Waals surface area contributed by atoms with E-state index in [4.69, 9.17) is 4.98 Å². The van der Waals surface area contributed by atoms with Gasteiger partial charge in [0.25, 0.3) is 5.91 Å². The van der Waals surface area contributed by atoms with Crippen molar-refractivity contribution in [1.82, 2.24) is 4.98 Å². The summed E-state index contributed by atoms with van der Waals surface area (Å²) in [5.74, 6) is -0.160. The number of rotatable bonds is 8. The minimum atomic E-state index is -0.160. The standard InChI is InChI=1S/C25H28N4O2P4S/c1-3-4-11-26-19-22(34)20(32)18(21(33)23(19)35)25(30)29(2)16-10-9-13(28-31)12-14(16)24-27-15-7-5-6-8-17(15)36-24/h5-10,12,26H,3-4,11,32-35H2,1-2H3. The number of amides is 1. The van der Waals surface area contributed by atoms with Crippen LogP contribution in [0.1, 0.15) is 30.1 Å². The third-order valence-electron chi connectivity index (χ3n) is 5.98. The predicted octanol–water partition coefficient (Wildman–Crippen LogP) is 4.85. The van der Waals surface area contributed by atoms with Gasteiger partial charge >= 0.3 is 0 Å². The molecule has 186 valence electrons. The maximum Gasteiger partial charge on any atom is 0.259 e. The second-order valence-electron chi connectivity index (χ2n) is 8.33. The quantitative estimate of drug-likeness (QED) is 0.186. The number of thiazole rings is 1. The molecule has 0 radical (unpaired) electrons. The molecule has 0 aliphatic carbocycles. The van der Waals surface area contributed by atoms with Gasteiger partial charge in [-0.05, 0) is 52.5 Å². The number of carbonyl (C=O) groups excluding carboxylic acids is 1. The van der Waals surface area contributed by atoms with Gasteiger partial charge in [-0.1, -0.05) is 25.5 Å². The maximum atomic E-state index is 13.9. The fourth-order valence-corrected chi connectivity index (χ4v) is 6.92. The maximum absolute atomic E-state index is 13.9. The molecule has 0 bridgehead atoms. The number of carbonyl (C=O) groups is 1. The van der Waals surface area contributed by atoms with Gasteiger partial charge in [0.2, 0.25) is 0 Å². The molecule has 1 amide bonds. The second kappa shape index (κ2) is 11.7. The van der Waals surface area contributed by atoms with Crippen molar-refractivity contribution < 1.29 is 4.79 Å². The molecule has 0 fully saturated rings. The Bertz CT molecular complexity index is 1410. The number of hydrogen-bond acceptors (Lipinski definition) is 6. The van der Waals surface area contributed by atoms with Crippen LogP contribution in [0.5, 0.6) is 0 Å². The highest BCUT2D eigenvalue weighted by Gasteiger charge is 2.26. The Morgan fingerprint density at radius 1 is 1.06 bits per heavy atom. The van der Waals surface area contributed by atoms with E-state index >= 15 is 0 Å². The Kier molecular flexibility index (Phi) is 8.82. The van der Waals surface area contributed by atoms with Crippen molar-refractivity contribution in [1.29, 1.82) is 0 Å². The SMILES string of the molecule is CCCCNc1c(P)c(P)c(C(=O)N(C)c2ccc(N=O)cc2-c2nc3ccccc3s2)c(P)c1P. The number of benzene rings is 3. The fourth-order valence-electron chi connectivity index (χ4n) is 3.95. The Morgan fingerprint density at radius 3 is 2.39 bits per heavy atom. The van der Waals surface area contributed by atoms with Crippen molar-refractivity contribution in [3.8, 4) is 10.6 Å². The van der Waals surface area contributed by atoms with Crippen LogP contribution in [0.15, 0.2) is 47.6 Å². The van der Waals surface area contributed by atoms with E-state index in [-0.39, 0.29) is 11.6 Å². The molecule has 6 nitrogen and oxygen atoms in total. The van der Waals surface area contributed by atoms with Gasteiger partial charge < -0.3 is 10.2 Å². The third-order valence-corrected chi connectivity index (χ3v) is 10.1. The van der Waals surface area contributed by atoms with Gasteiger partial charge in [-0.15, -0.1) is 53.2 Å². The van der Waals surface area contributed by atoms with E-state index in [1.54, 1.807) is 30.1 Å². The van der Waals surface area contributed by atoms with Crippen molar-refractivity contribution in [2.45, 2.75) is 19.8 Å². The van der Waals surface area contributed by atoms with Crippen LogP contribution >= 0.6 is 48.3 Å². The number of fused-ring (bicyclic) bond motifs is 1. The number of nitroso groups, excluding NO2 is 1. The molecule has 1 heterocycles. The van der Waals surface area contributed by atoms with E-state index in [9.17, 15) is 9.70 Å². The number of para-hydroxylation sites is 1. The van der Waals surface area contributed by atoms with Crippen LogP contribution in [0.3, 0.4) is 0 Å². The van der Waals surface area contributed by atoms with Crippen LogP contribution in [0, 0.1) is 4.91 Å². The van der Waals surface area contributed by atoms with Crippen molar-refractivity contribution in [2.75, 3.05) is 23.8 Å². The number of hydrogen-bond donors (Lipinski definition) is 1. The summed E-state index contributed by atoms with van der Waals surface area (Å²) in [4.78, 5) is 31.6. The van der Waals surface area contributed by atoms with E-state index in [0.717, 1.165) is 61.5 Å². The minimum absolute atomic E-state index is 0.160. The van der Waals surface area contributed by atoms with Crippen molar-refractivity contribution in [2.24, 2.45) is 5.18 Å². The summed E-state index contributed by atoms with van der Waals surface area (Å²) < 4.78 is 1.03. The van der Waals surface area contributed by atoms with E-state index < -0.39 is 0 Å². The number of anilines is 2. The smallest absolute Gasteiger partial charge is 0.259 e. The largest absolute Gasteiger partial charge is 0.384 e. The molecule has 4 rings (SSSR count). The summed E-state index contributed by atoms with van der Waals surface area (Å²) in [6.07, 6.45) is 2.17. The molecule has 4 unspecified atom stereocenters. The Balaban J connectivity index is 1.79. The van der Waals surface area contributed by atoms with E-state index in [2.05, 4.69) is 54.4 Å². The highest BCUT2D eigenvalue weighted by Crippen LogP contribution is 2.38. The van der Waals surface area contributed by atoms with E-state index in [1.165, 1.54) is 11.3 Å². The van der Waals surface area contributed by atoms with Crippen molar-refractivity contribution >= 4 is 103 Å². The van der Waals surface area contributed by atoms with Gasteiger partial charge in [0.1, 0.15) is 10.7 Å². The molecule has 4 aromatic rings. The molecule has 11 heteroatoms. The lowest BCUT2D eigenvalue weighted by Gasteiger charge is -2.25. The van der Waals surface area contributed by atoms with Crippen LogP contribution in [0.4, 0.5) is 17.1 Å². The summed E-state index contributed by atoms with van der Waals surface area (Å²) in [6, 6.07) is 12.9. The summed E-state index contributed by atoms with van der Waals surface area (Å²) in [5, 5.41) is 10.9. The minimum Gasteiger partial charge on any atom is -0.384 e. The number of aromatic nitrogens is 1. The van der Waals surface area contributed by atoms with Crippen LogP contribution < -0.4 is 31.4 Å². The van der Waals surface area contributed by atoms with Crippen molar-refractivity contribution in [3.05, 3.63) is 52.9 Å². The molecule has 36 heavy (non-hydrogen) atoms. The summed E-state index contributed by atoms with van der Waals surface area (Å²) in [7, 11) is 12.7. The first-order valence-electron chi connectivity index (χ1n) is 11.4. The van der Waals surface area contributed by atoms with Gasteiger partial charge in [0.05, 0.1) is 21.5 Å². The molecule has 3 aromatic carbocycles. The number of unbranched alkanes of at least 4 members (excludes halogenated alkanes) is 1. The zero-order valence-electron chi connectivity index (χ0n) is 20.0. The zero-order chi connectivity index (χ0) is 26.0. The Morgan fingerprint density at radius 2 is 1.75 bits per heavy atom. The number of nitrogens with zero attached hydrogens (tertiary/aromatic N) is 3. The van der Waals surface area contributed by atoms with E-state index in [0.29, 0.717) is 16.8 Å². The number of nitrogens with one attached hydrogen (secondary N) is 1. The molecule has 4 atom stereocenters. The average Bonchev–Trinajstić information content (AvgIpc) is 3.33. The fraction of sp³-hybridized carbons (Fsp3) is 0.200. The van der Waals surface area contributed by atoms with Crippen molar-refractivity contribution in [3.63, 3.8) is 0 Å². The molecule has 0 saturated carbocycles. The molecule has 1 aromatic heterocycles. The van der Waals surface area contributed by atoms with Crippen LogP contribution in [-0.4, -0.2) is 24.5 Å². The van der Waals surface area contributed by atoms with Crippen LogP contribution in [0.25, 0.3) is 20.8 Å². The highest BCUT2D eigenvalue weighted by atomic mass is 32.1. The summed E-state index contributed by atoms with van der Waals surface area (Å²) >= 11 is 1.52. The summed E-state index contributed by atoms with van der Waals surface area (Å²) in [5.41, 5.74) is 4.10. The molecule has 0 spiro atoms. The molecule has 0 aliphatic rings. The average molecular weight is 572 g/mol. The van der Waals surface area contributed by atoms with Gasteiger partial charge in [0.15, 0.2) is 0 Å². The topological polar surface area (TPSA) is 74.7 Å². The first-order valence-corrected chi connectivity index (χ1v) is 14.5. The molecule has 1 N–H and O–H groups in total. The predicted molar refractivity (Wildman–Crippen MR) is 170 cm³/mol. The van der Waals surface area contributed by atoms with Gasteiger partial charge in [-0.2, -0.15) is 0 Å². The monoisotopic (exact) mass is 572 g/mol. The highest BCUT2D eigenvalue weighted by molar-refractivity contribution is 7.40. The van der Waals surface area contributed by atoms with E-state index in [1.807, 2.05) is 24.3 Å². The third kappa shape index (κ3) is 5.24.